The molecule has 0 aromatic heterocycles. The minimum Gasteiger partial charge on any atom is -0.289 e. The van der Waals surface area contributed by atoms with E-state index in [2.05, 4.69) is 0 Å². The van der Waals surface area contributed by atoms with E-state index < -0.39 is 0 Å². The van der Waals surface area contributed by atoms with E-state index in [0.29, 0.717) is 24.6 Å². The number of carbonyl (C=O) groups is 2. The van der Waals surface area contributed by atoms with Gasteiger partial charge in [-0.05, 0) is 0 Å². The van der Waals surface area contributed by atoms with E-state index in [1.807, 2.05) is 0 Å². The second-order valence-electron chi connectivity index (χ2n) is 3.28. The van der Waals surface area contributed by atoms with Gasteiger partial charge in [0.15, 0.2) is 10.3 Å². The van der Waals surface area contributed by atoms with Crippen LogP contribution in [0.15, 0.2) is 0 Å². The Balaban J connectivity index is 1.92. The molecule has 0 aliphatic carbocycles. The molecule has 0 aromatic carbocycles. The maximum Gasteiger partial charge on any atom is 0.239 e. The Morgan fingerprint density at radius 1 is 0.938 bits per heavy atom. The van der Waals surface area contributed by atoms with E-state index in [1.165, 1.54) is 33.3 Å². The molecule has 16 heavy (non-hydrogen) atoms. The molecule has 2 N–H and O–H groups in total. The minimum absolute atomic E-state index is 0.0965. The van der Waals surface area contributed by atoms with Crippen molar-refractivity contribution in [3.63, 3.8) is 0 Å². The Morgan fingerprint density at radius 3 is 1.56 bits per heavy atom. The van der Waals surface area contributed by atoms with Crippen molar-refractivity contribution in [3.8, 4) is 0 Å². The molecule has 2 fully saturated rings. The van der Waals surface area contributed by atoms with Crippen molar-refractivity contribution in [1.29, 1.82) is 10.8 Å². The third kappa shape index (κ3) is 2.07. The smallest absolute Gasteiger partial charge is 0.239 e. The molecular weight excluding hydrogens is 248 g/mol. The van der Waals surface area contributed by atoms with Crippen LogP contribution < -0.4 is 0 Å². The number of hydrogen-bond donors (Lipinski definition) is 2. The van der Waals surface area contributed by atoms with Gasteiger partial charge in [0.25, 0.3) is 0 Å². The van der Waals surface area contributed by atoms with Gasteiger partial charge in [0.1, 0.15) is 0 Å². The lowest BCUT2D eigenvalue weighted by Gasteiger charge is -2.19. The summed E-state index contributed by atoms with van der Waals surface area (Å²) in [5.41, 5.74) is 0. The molecule has 2 saturated heterocycles. The zero-order valence-corrected chi connectivity index (χ0v) is 9.99. The first kappa shape index (κ1) is 11.5. The Morgan fingerprint density at radius 2 is 1.31 bits per heavy atom. The van der Waals surface area contributed by atoms with Crippen molar-refractivity contribution in [2.45, 2.75) is 0 Å². The molecule has 0 spiro atoms. The van der Waals surface area contributed by atoms with Gasteiger partial charge in [0.2, 0.25) is 11.8 Å². The van der Waals surface area contributed by atoms with Gasteiger partial charge < -0.3 is 0 Å². The molecule has 2 heterocycles. The van der Waals surface area contributed by atoms with Crippen molar-refractivity contribution < 1.29 is 9.59 Å². The van der Waals surface area contributed by atoms with Crippen LogP contribution in [0.4, 0.5) is 0 Å². The third-order valence-corrected chi connectivity index (χ3v) is 4.07. The Kier molecular flexibility index (Phi) is 3.20. The molecule has 0 radical (unpaired) electrons. The molecule has 2 aliphatic rings. The summed E-state index contributed by atoms with van der Waals surface area (Å²) >= 11 is 2.39. The summed E-state index contributed by atoms with van der Waals surface area (Å²) in [6.07, 6.45) is 0. The number of rotatable bonds is 3. The summed E-state index contributed by atoms with van der Waals surface area (Å²) in [7, 11) is 0. The molecule has 2 amide bonds. The van der Waals surface area contributed by atoms with E-state index in [4.69, 9.17) is 10.8 Å². The highest BCUT2D eigenvalue weighted by molar-refractivity contribution is 8.15. The second kappa shape index (κ2) is 4.46. The van der Waals surface area contributed by atoms with Gasteiger partial charge >= 0.3 is 0 Å². The fraction of sp³-hybridized carbons (Fsp3) is 0.500. The summed E-state index contributed by atoms with van der Waals surface area (Å²) in [5, 5.41) is 15.5. The summed E-state index contributed by atoms with van der Waals surface area (Å²) in [6.45, 7) is 0.610. The number of nitrogens with zero attached hydrogens (tertiary/aromatic N) is 2. The standard InChI is InChI=1S/C8H10N4O2S2/c9-7-11(5(13)3-15-7)1-2-12-6(14)4-16-8(12)10/h9-10H,1-4H2. The lowest BCUT2D eigenvalue weighted by atomic mass is 10.4. The van der Waals surface area contributed by atoms with Crippen LogP contribution in [0.3, 0.4) is 0 Å². The van der Waals surface area contributed by atoms with Gasteiger partial charge in [-0.1, -0.05) is 23.5 Å². The fourth-order valence-electron chi connectivity index (χ4n) is 1.45. The summed E-state index contributed by atoms with van der Waals surface area (Å²) in [5.74, 6) is 0.416. The summed E-state index contributed by atoms with van der Waals surface area (Å²) in [4.78, 5) is 25.4. The third-order valence-electron chi connectivity index (χ3n) is 2.30. The number of amidine groups is 2. The molecule has 0 saturated carbocycles. The monoisotopic (exact) mass is 258 g/mol. The van der Waals surface area contributed by atoms with Crippen LogP contribution >= 0.6 is 23.5 Å². The van der Waals surface area contributed by atoms with Crippen molar-refractivity contribution >= 4 is 45.7 Å². The molecule has 8 heteroatoms. The van der Waals surface area contributed by atoms with Crippen molar-refractivity contribution in [1.82, 2.24) is 9.80 Å². The van der Waals surface area contributed by atoms with E-state index >= 15 is 0 Å². The lowest BCUT2D eigenvalue weighted by molar-refractivity contribution is -0.127. The Bertz CT molecular complexity index is 316. The number of nitrogens with one attached hydrogen (secondary N) is 2. The van der Waals surface area contributed by atoms with Crippen molar-refractivity contribution in [3.05, 3.63) is 0 Å². The van der Waals surface area contributed by atoms with Crippen LogP contribution in [0.5, 0.6) is 0 Å². The Hall–Kier alpha value is -1.02. The SMILES string of the molecule is N=C1SCC(=O)N1CCN1C(=N)SCC1=O. The quantitative estimate of drug-likeness (QED) is 0.746. The minimum atomic E-state index is -0.0965. The predicted octanol–water partition coefficient (Wildman–Crippen LogP) is 0.00674. The number of thioether (sulfide) groups is 2. The molecule has 2 aliphatic heterocycles. The number of carbonyl (C=O) groups excluding carboxylic acids is 2. The van der Waals surface area contributed by atoms with E-state index in [-0.39, 0.29) is 22.1 Å². The molecular formula is C8H10N4O2S2. The maximum absolute atomic E-state index is 11.4. The molecule has 0 atom stereocenters. The first-order valence-corrected chi connectivity index (χ1v) is 6.60. The van der Waals surface area contributed by atoms with Gasteiger partial charge in [0, 0.05) is 13.1 Å². The van der Waals surface area contributed by atoms with Crippen LogP contribution in [0.2, 0.25) is 0 Å². The van der Waals surface area contributed by atoms with Crippen molar-refractivity contribution in [2.75, 3.05) is 24.6 Å². The molecule has 0 unspecified atom stereocenters. The number of amides is 2. The first-order valence-electron chi connectivity index (χ1n) is 4.63. The lowest BCUT2D eigenvalue weighted by Crippen LogP contribution is -2.39. The van der Waals surface area contributed by atoms with Crippen LogP contribution in [0, 0.1) is 10.8 Å². The van der Waals surface area contributed by atoms with Gasteiger partial charge in [0.05, 0.1) is 11.5 Å². The largest absolute Gasteiger partial charge is 0.289 e. The maximum atomic E-state index is 11.4. The highest BCUT2D eigenvalue weighted by Gasteiger charge is 2.30. The zero-order valence-electron chi connectivity index (χ0n) is 8.36. The van der Waals surface area contributed by atoms with Gasteiger partial charge in [-0.3, -0.25) is 30.2 Å². The molecule has 6 nitrogen and oxygen atoms in total. The first-order chi connectivity index (χ1) is 7.59. The van der Waals surface area contributed by atoms with Crippen LogP contribution in [0.25, 0.3) is 0 Å². The second-order valence-corrected chi connectivity index (χ2v) is 5.21. The summed E-state index contributed by atoms with van der Waals surface area (Å²) < 4.78 is 0. The average Bonchev–Trinajstić information content (AvgIpc) is 2.72. The predicted molar refractivity (Wildman–Crippen MR) is 63.8 cm³/mol. The highest BCUT2D eigenvalue weighted by Crippen LogP contribution is 2.20. The highest BCUT2D eigenvalue weighted by atomic mass is 32.2. The average molecular weight is 258 g/mol. The Labute approximate surface area is 101 Å². The van der Waals surface area contributed by atoms with Crippen LogP contribution in [-0.4, -0.2) is 56.5 Å². The van der Waals surface area contributed by atoms with Crippen LogP contribution in [-0.2, 0) is 9.59 Å². The molecule has 86 valence electrons. The fourth-order valence-corrected chi connectivity index (χ4v) is 2.98. The molecule has 0 bridgehead atoms. The van der Waals surface area contributed by atoms with Gasteiger partial charge in [-0.25, -0.2) is 0 Å². The van der Waals surface area contributed by atoms with Crippen LogP contribution in [0.1, 0.15) is 0 Å². The van der Waals surface area contributed by atoms with Gasteiger partial charge in [-0.15, -0.1) is 0 Å². The van der Waals surface area contributed by atoms with Crippen molar-refractivity contribution in [2.24, 2.45) is 0 Å². The normalized spacial score (nSPS) is 21.5. The van der Waals surface area contributed by atoms with Gasteiger partial charge in [-0.2, -0.15) is 0 Å². The topological polar surface area (TPSA) is 88.3 Å². The molecule has 2 rings (SSSR count). The van der Waals surface area contributed by atoms with E-state index in [1.54, 1.807) is 0 Å². The summed E-state index contributed by atoms with van der Waals surface area (Å²) in [6, 6.07) is 0. The molecule has 0 aromatic rings. The zero-order chi connectivity index (χ0) is 11.7. The van der Waals surface area contributed by atoms with E-state index in [9.17, 15) is 9.59 Å². The van der Waals surface area contributed by atoms with E-state index in [0.717, 1.165) is 0 Å². The number of hydrogen-bond acceptors (Lipinski definition) is 6.